The summed E-state index contributed by atoms with van der Waals surface area (Å²) in [5.74, 6) is 1.72. The number of amides is 1. The number of hydrogen-bond donors (Lipinski definition) is 1. The molecule has 6 heteroatoms. The first-order valence-corrected chi connectivity index (χ1v) is 8.46. The molecule has 1 amide bonds. The summed E-state index contributed by atoms with van der Waals surface area (Å²) in [6.45, 7) is 0.842. The van der Waals surface area contributed by atoms with Gasteiger partial charge in [-0.3, -0.25) is 4.79 Å². The van der Waals surface area contributed by atoms with Gasteiger partial charge in [0.25, 0.3) is 0 Å². The van der Waals surface area contributed by atoms with Crippen molar-refractivity contribution in [2.75, 3.05) is 26.0 Å². The number of carbonyl (C=O) groups excluding carboxylic acids is 1. The zero-order valence-electron chi connectivity index (χ0n) is 12.8. The Morgan fingerprint density at radius 2 is 1.96 bits per heavy atom. The molecule has 0 aliphatic heterocycles. The van der Waals surface area contributed by atoms with Crippen molar-refractivity contribution >= 4 is 29.3 Å². The van der Waals surface area contributed by atoms with Crippen LogP contribution < -0.4 is 14.8 Å². The van der Waals surface area contributed by atoms with Crippen LogP contribution >= 0.6 is 23.4 Å². The molecule has 0 saturated heterocycles. The number of rotatable bonds is 8. The maximum absolute atomic E-state index is 11.8. The van der Waals surface area contributed by atoms with Gasteiger partial charge in [0.1, 0.15) is 18.1 Å². The number of halogens is 1. The summed E-state index contributed by atoms with van der Waals surface area (Å²) in [5, 5.41) is 3.47. The molecule has 23 heavy (non-hydrogen) atoms. The first-order valence-electron chi connectivity index (χ1n) is 7.10. The molecule has 2 aromatic rings. The van der Waals surface area contributed by atoms with Gasteiger partial charge in [0.05, 0.1) is 24.4 Å². The Morgan fingerprint density at radius 1 is 1.17 bits per heavy atom. The highest BCUT2D eigenvalue weighted by molar-refractivity contribution is 8.00. The number of hydrogen-bond acceptors (Lipinski definition) is 4. The summed E-state index contributed by atoms with van der Waals surface area (Å²) in [6, 6.07) is 14.8. The molecule has 0 atom stereocenters. The van der Waals surface area contributed by atoms with Crippen molar-refractivity contribution in [2.24, 2.45) is 0 Å². The fourth-order valence-electron chi connectivity index (χ4n) is 1.81. The summed E-state index contributed by atoms with van der Waals surface area (Å²) in [7, 11) is 1.61. The Labute approximate surface area is 145 Å². The molecule has 2 rings (SSSR count). The number of carbonyl (C=O) groups is 1. The molecule has 0 spiro atoms. The van der Waals surface area contributed by atoms with Gasteiger partial charge in [-0.25, -0.2) is 0 Å². The lowest BCUT2D eigenvalue weighted by molar-refractivity contribution is -0.118. The van der Waals surface area contributed by atoms with E-state index in [4.69, 9.17) is 21.1 Å². The fourth-order valence-corrected chi connectivity index (χ4v) is 2.88. The van der Waals surface area contributed by atoms with Crippen LogP contribution in [0.15, 0.2) is 53.4 Å². The highest BCUT2D eigenvalue weighted by Crippen LogP contribution is 2.26. The van der Waals surface area contributed by atoms with Crippen LogP contribution in [-0.2, 0) is 4.79 Å². The second kappa shape index (κ2) is 9.33. The third-order valence-electron chi connectivity index (χ3n) is 2.93. The average Bonchev–Trinajstić information content (AvgIpc) is 2.58. The van der Waals surface area contributed by atoms with E-state index in [1.54, 1.807) is 13.2 Å². The molecule has 0 radical (unpaired) electrons. The van der Waals surface area contributed by atoms with E-state index in [-0.39, 0.29) is 5.91 Å². The average molecular weight is 352 g/mol. The van der Waals surface area contributed by atoms with Crippen molar-refractivity contribution in [2.45, 2.75) is 4.90 Å². The summed E-state index contributed by atoms with van der Waals surface area (Å²) < 4.78 is 10.7. The normalized spacial score (nSPS) is 10.2. The molecule has 4 nitrogen and oxygen atoms in total. The van der Waals surface area contributed by atoms with Gasteiger partial charge in [0.2, 0.25) is 5.91 Å². The quantitative estimate of drug-likeness (QED) is 0.582. The number of benzene rings is 2. The smallest absolute Gasteiger partial charge is 0.230 e. The van der Waals surface area contributed by atoms with Gasteiger partial charge in [-0.15, -0.1) is 11.8 Å². The molecule has 0 aromatic heterocycles. The predicted molar refractivity (Wildman–Crippen MR) is 93.7 cm³/mol. The van der Waals surface area contributed by atoms with E-state index in [2.05, 4.69) is 5.32 Å². The molecule has 0 bridgehead atoms. The van der Waals surface area contributed by atoms with E-state index in [9.17, 15) is 4.79 Å². The van der Waals surface area contributed by atoms with Gasteiger partial charge in [-0.1, -0.05) is 29.8 Å². The van der Waals surface area contributed by atoms with E-state index >= 15 is 0 Å². The van der Waals surface area contributed by atoms with Crippen LogP contribution in [0.3, 0.4) is 0 Å². The van der Waals surface area contributed by atoms with Crippen molar-refractivity contribution < 1.29 is 14.3 Å². The molecule has 0 aliphatic carbocycles. The number of methoxy groups -OCH3 is 1. The van der Waals surface area contributed by atoms with E-state index in [0.717, 1.165) is 10.6 Å². The number of nitrogens with one attached hydrogen (secondary N) is 1. The molecule has 2 aromatic carbocycles. The van der Waals surface area contributed by atoms with E-state index in [0.29, 0.717) is 29.7 Å². The first-order chi connectivity index (χ1) is 11.2. The lowest BCUT2D eigenvalue weighted by atomic mass is 10.3. The van der Waals surface area contributed by atoms with Gasteiger partial charge >= 0.3 is 0 Å². The Balaban J connectivity index is 1.66. The molecule has 0 heterocycles. The Bertz CT molecular complexity index is 651. The van der Waals surface area contributed by atoms with E-state index in [1.165, 1.54) is 11.8 Å². The highest BCUT2D eigenvalue weighted by Gasteiger charge is 2.05. The Hall–Kier alpha value is -1.85. The standard InChI is InChI=1S/C17H18ClNO3S/c1-21-13-5-4-6-14(11-13)22-10-9-19-17(20)12-23-16-8-3-2-7-15(16)18/h2-8,11H,9-10,12H2,1H3,(H,19,20). The molecule has 122 valence electrons. The van der Waals surface area contributed by atoms with Crippen LogP contribution in [-0.4, -0.2) is 31.9 Å². The van der Waals surface area contributed by atoms with Crippen molar-refractivity contribution in [3.8, 4) is 11.5 Å². The molecular weight excluding hydrogens is 334 g/mol. The molecule has 0 saturated carbocycles. The minimum absolute atomic E-state index is 0.0517. The summed E-state index contributed by atoms with van der Waals surface area (Å²) in [5.41, 5.74) is 0. The van der Waals surface area contributed by atoms with Gasteiger partial charge in [-0.05, 0) is 24.3 Å². The zero-order valence-corrected chi connectivity index (χ0v) is 14.3. The van der Waals surface area contributed by atoms with Gasteiger partial charge in [0, 0.05) is 11.0 Å². The van der Waals surface area contributed by atoms with Crippen LogP contribution in [0, 0.1) is 0 Å². The lowest BCUT2D eigenvalue weighted by Gasteiger charge is -2.09. The fraction of sp³-hybridized carbons (Fsp3) is 0.235. The van der Waals surface area contributed by atoms with Crippen LogP contribution in [0.1, 0.15) is 0 Å². The Kier molecular flexibility index (Phi) is 7.10. The second-order valence-electron chi connectivity index (χ2n) is 4.60. The SMILES string of the molecule is COc1cccc(OCCNC(=O)CSc2ccccc2Cl)c1. The van der Waals surface area contributed by atoms with Crippen molar-refractivity contribution in [1.29, 1.82) is 0 Å². The van der Waals surface area contributed by atoms with Crippen molar-refractivity contribution in [3.05, 3.63) is 53.6 Å². The van der Waals surface area contributed by atoms with Crippen LogP contribution in [0.25, 0.3) is 0 Å². The third kappa shape index (κ3) is 6.04. The molecule has 0 aliphatic rings. The molecule has 0 fully saturated rings. The van der Waals surface area contributed by atoms with Gasteiger partial charge in [-0.2, -0.15) is 0 Å². The maximum atomic E-state index is 11.8. The molecular formula is C17H18ClNO3S. The largest absolute Gasteiger partial charge is 0.497 e. The minimum Gasteiger partial charge on any atom is -0.497 e. The van der Waals surface area contributed by atoms with Crippen LogP contribution in [0.4, 0.5) is 0 Å². The summed E-state index contributed by atoms with van der Waals surface area (Å²) >= 11 is 7.46. The summed E-state index contributed by atoms with van der Waals surface area (Å²) in [4.78, 5) is 12.7. The Morgan fingerprint density at radius 3 is 2.74 bits per heavy atom. The van der Waals surface area contributed by atoms with Crippen molar-refractivity contribution in [1.82, 2.24) is 5.32 Å². The topological polar surface area (TPSA) is 47.6 Å². The van der Waals surface area contributed by atoms with Crippen molar-refractivity contribution in [3.63, 3.8) is 0 Å². The molecule has 1 N–H and O–H groups in total. The van der Waals surface area contributed by atoms with Crippen LogP contribution in [0.2, 0.25) is 5.02 Å². The first kappa shape index (κ1) is 17.5. The summed E-state index contributed by atoms with van der Waals surface area (Å²) in [6.07, 6.45) is 0. The lowest BCUT2D eigenvalue weighted by Crippen LogP contribution is -2.29. The maximum Gasteiger partial charge on any atom is 0.230 e. The van der Waals surface area contributed by atoms with Gasteiger partial charge in [0.15, 0.2) is 0 Å². The molecule has 0 unspecified atom stereocenters. The zero-order chi connectivity index (χ0) is 16.5. The monoisotopic (exact) mass is 351 g/mol. The van der Waals surface area contributed by atoms with E-state index < -0.39 is 0 Å². The minimum atomic E-state index is -0.0517. The van der Waals surface area contributed by atoms with E-state index in [1.807, 2.05) is 42.5 Å². The number of ether oxygens (including phenoxy) is 2. The highest BCUT2D eigenvalue weighted by atomic mass is 35.5. The predicted octanol–water partition coefficient (Wildman–Crippen LogP) is 3.64. The second-order valence-corrected chi connectivity index (χ2v) is 6.02. The van der Waals surface area contributed by atoms with Gasteiger partial charge < -0.3 is 14.8 Å². The van der Waals surface area contributed by atoms with Crippen LogP contribution in [0.5, 0.6) is 11.5 Å². The number of thioether (sulfide) groups is 1. The third-order valence-corrected chi connectivity index (χ3v) is 4.44.